The summed E-state index contributed by atoms with van der Waals surface area (Å²) in [5.41, 5.74) is 0. The quantitative estimate of drug-likeness (QED) is 0.618. The Balaban J connectivity index is 2.88. The number of rotatable bonds is 3. The summed E-state index contributed by atoms with van der Waals surface area (Å²) in [6, 6.07) is -1.38. The van der Waals surface area contributed by atoms with E-state index in [9.17, 15) is 9.59 Å². The third-order valence-corrected chi connectivity index (χ3v) is 1.47. The van der Waals surface area contributed by atoms with Crippen molar-refractivity contribution in [2.24, 2.45) is 4.99 Å². The highest BCUT2D eigenvalue weighted by molar-refractivity contribution is 5.97. The molecule has 0 aromatic carbocycles. The van der Waals surface area contributed by atoms with Crippen LogP contribution >= 0.6 is 0 Å². The lowest BCUT2D eigenvalue weighted by atomic mass is 10.2. The monoisotopic (exact) mass is 185 g/mol. The fourth-order valence-corrected chi connectivity index (χ4v) is 0.901. The summed E-state index contributed by atoms with van der Waals surface area (Å²) in [4.78, 5) is 24.5. The molecule has 0 saturated carbocycles. The molecule has 1 aliphatic rings. The SMILES string of the molecule is C=CC1=NC(C(=O)O)C(C(=O)O)O1. The molecule has 2 N–H and O–H groups in total. The molecule has 0 aromatic heterocycles. The van der Waals surface area contributed by atoms with Gasteiger partial charge in [0.2, 0.25) is 12.0 Å². The largest absolute Gasteiger partial charge is 0.480 e. The van der Waals surface area contributed by atoms with E-state index >= 15 is 0 Å². The van der Waals surface area contributed by atoms with Gasteiger partial charge in [-0.15, -0.1) is 0 Å². The van der Waals surface area contributed by atoms with E-state index in [1.807, 2.05) is 0 Å². The zero-order valence-corrected chi connectivity index (χ0v) is 6.51. The molecular weight excluding hydrogens is 178 g/mol. The molecule has 2 atom stereocenters. The molecule has 2 unspecified atom stereocenters. The fraction of sp³-hybridized carbons (Fsp3) is 0.286. The van der Waals surface area contributed by atoms with Crippen LogP contribution in [0.2, 0.25) is 0 Å². The van der Waals surface area contributed by atoms with Crippen molar-refractivity contribution in [3.05, 3.63) is 12.7 Å². The Morgan fingerprint density at radius 1 is 1.46 bits per heavy atom. The number of carboxylic acid groups (broad SMARTS) is 2. The van der Waals surface area contributed by atoms with Gasteiger partial charge in [0.05, 0.1) is 0 Å². The van der Waals surface area contributed by atoms with Gasteiger partial charge in [0.25, 0.3) is 0 Å². The van der Waals surface area contributed by atoms with Crippen LogP contribution in [0.1, 0.15) is 0 Å². The first-order valence-corrected chi connectivity index (χ1v) is 3.38. The van der Waals surface area contributed by atoms with Crippen molar-refractivity contribution >= 4 is 17.8 Å². The van der Waals surface area contributed by atoms with Gasteiger partial charge in [-0.1, -0.05) is 6.58 Å². The van der Waals surface area contributed by atoms with Gasteiger partial charge in [-0.25, -0.2) is 14.6 Å². The van der Waals surface area contributed by atoms with Gasteiger partial charge in [-0.05, 0) is 6.08 Å². The minimum absolute atomic E-state index is 0.0557. The molecule has 0 radical (unpaired) electrons. The van der Waals surface area contributed by atoms with E-state index < -0.39 is 24.1 Å². The molecule has 1 rings (SSSR count). The predicted molar refractivity (Wildman–Crippen MR) is 41.6 cm³/mol. The summed E-state index contributed by atoms with van der Waals surface area (Å²) in [5.74, 6) is -2.74. The first kappa shape index (κ1) is 9.24. The van der Waals surface area contributed by atoms with E-state index in [-0.39, 0.29) is 5.90 Å². The molecule has 0 saturated heterocycles. The Labute approximate surface area is 73.2 Å². The van der Waals surface area contributed by atoms with Crippen molar-refractivity contribution in [3.8, 4) is 0 Å². The Morgan fingerprint density at radius 2 is 2.08 bits per heavy atom. The van der Waals surface area contributed by atoms with Crippen LogP contribution in [0.25, 0.3) is 0 Å². The van der Waals surface area contributed by atoms with E-state index in [2.05, 4.69) is 11.6 Å². The zero-order valence-electron chi connectivity index (χ0n) is 6.51. The molecule has 0 aliphatic carbocycles. The molecule has 0 bridgehead atoms. The molecule has 1 heterocycles. The third kappa shape index (κ3) is 1.66. The lowest BCUT2D eigenvalue weighted by Crippen LogP contribution is -2.36. The number of hydrogen-bond donors (Lipinski definition) is 2. The molecule has 13 heavy (non-hydrogen) atoms. The third-order valence-electron chi connectivity index (χ3n) is 1.47. The van der Waals surface area contributed by atoms with Gasteiger partial charge in [0, 0.05) is 0 Å². The molecule has 0 fully saturated rings. The second-order valence-corrected chi connectivity index (χ2v) is 2.33. The Hall–Kier alpha value is -1.85. The van der Waals surface area contributed by atoms with Gasteiger partial charge >= 0.3 is 11.9 Å². The second kappa shape index (κ2) is 3.26. The molecule has 1 aliphatic heterocycles. The standard InChI is InChI=1S/C7H7NO5/c1-2-3-8-4(6(9)10)5(13-3)7(11)12/h2,4-5H,1H2,(H,9,10)(H,11,12). The molecule has 0 spiro atoms. The second-order valence-electron chi connectivity index (χ2n) is 2.33. The van der Waals surface area contributed by atoms with Crippen molar-refractivity contribution < 1.29 is 24.5 Å². The minimum atomic E-state index is -1.45. The predicted octanol–water partition coefficient (Wildman–Crippen LogP) is -0.492. The van der Waals surface area contributed by atoms with Crippen LogP contribution in [0.5, 0.6) is 0 Å². The maximum absolute atomic E-state index is 10.5. The average molecular weight is 185 g/mol. The van der Waals surface area contributed by atoms with Crippen LogP contribution in [0.15, 0.2) is 17.6 Å². The average Bonchev–Trinajstić information content (AvgIpc) is 2.47. The number of carboxylic acids is 2. The van der Waals surface area contributed by atoms with E-state index in [1.54, 1.807) is 0 Å². The van der Waals surface area contributed by atoms with Crippen molar-refractivity contribution in [2.45, 2.75) is 12.1 Å². The normalized spacial score (nSPS) is 26.0. The molecular formula is C7H7NO5. The van der Waals surface area contributed by atoms with Crippen LogP contribution in [-0.4, -0.2) is 40.2 Å². The highest BCUT2D eigenvalue weighted by Gasteiger charge is 2.40. The number of hydrogen-bond acceptors (Lipinski definition) is 4. The molecule has 0 aromatic rings. The summed E-state index contributed by atoms with van der Waals surface area (Å²) >= 11 is 0. The Morgan fingerprint density at radius 3 is 2.38 bits per heavy atom. The van der Waals surface area contributed by atoms with Crippen molar-refractivity contribution in [2.75, 3.05) is 0 Å². The summed E-state index contributed by atoms with van der Waals surface area (Å²) in [7, 11) is 0. The number of nitrogens with zero attached hydrogens (tertiary/aromatic N) is 1. The summed E-state index contributed by atoms with van der Waals surface area (Å²) in [6.45, 7) is 3.29. The van der Waals surface area contributed by atoms with Gasteiger partial charge < -0.3 is 14.9 Å². The highest BCUT2D eigenvalue weighted by atomic mass is 16.5. The van der Waals surface area contributed by atoms with Crippen LogP contribution in [0.3, 0.4) is 0 Å². The van der Waals surface area contributed by atoms with E-state index in [1.165, 1.54) is 6.08 Å². The first-order valence-electron chi connectivity index (χ1n) is 3.38. The minimum Gasteiger partial charge on any atom is -0.480 e. The van der Waals surface area contributed by atoms with Crippen LogP contribution in [0, 0.1) is 0 Å². The van der Waals surface area contributed by atoms with Crippen LogP contribution in [-0.2, 0) is 14.3 Å². The van der Waals surface area contributed by atoms with Crippen molar-refractivity contribution in [3.63, 3.8) is 0 Å². The lowest BCUT2D eigenvalue weighted by molar-refractivity contribution is -0.152. The van der Waals surface area contributed by atoms with E-state index in [0.717, 1.165) is 0 Å². The van der Waals surface area contributed by atoms with E-state index in [0.29, 0.717) is 0 Å². The Bertz CT molecular complexity index is 295. The lowest BCUT2D eigenvalue weighted by Gasteiger charge is -2.07. The van der Waals surface area contributed by atoms with Gasteiger partial charge in [0.15, 0.2) is 6.04 Å². The summed E-state index contributed by atoms with van der Waals surface area (Å²) in [6.07, 6.45) is -0.288. The fourth-order valence-electron chi connectivity index (χ4n) is 0.901. The topological polar surface area (TPSA) is 96.2 Å². The maximum atomic E-state index is 10.5. The summed E-state index contributed by atoms with van der Waals surface area (Å²) < 4.78 is 4.70. The molecule has 6 heteroatoms. The highest BCUT2D eigenvalue weighted by Crippen LogP contribution is 2.14. The molecule has 0 amide bonds. The zero-order chi connectivity index (χ0) is 10.0. The van der Waals surface area contributed by atoms with Gasteiger partial charge in [0.1, 0.15) is 0 Å². The van der Waals surface area contributed by atoms with Crippen molar-refractivity contribution in [1.29, 1.82) is 0 Å². The van der Waals surface area contributed by atoms with Crippen LogP contribution < -0.4 is 0 Å². The number of ether oxygens (including phenoxy) is 1. The van der Waals surface area contributed by atoms with Gasteiger partial charge in [-0.2, -0.15) is 0 Å². The number of carbonyl (C=O) groups is 2. The smallest absolute Gasteiger partial charge is 0.347 e. The van der Waals surface area contributed by atoms with Crippen LogP contribution in [0.4, 0.5) is 0 Å². The number of aliphatic imine (C=N–C) groups is 1. The number of aliphatic carboxylic acids is 2. The van der Waals surface area contributed by atoms with E-state index in [4.69, 9.17) is 14.9 Å². The Kier molecular flexibility index (Phi) is 2.32. The van der Waals surface area contributed by atoms with Crippen molar-refractivity contribution in [1.82, 2.24) is 0 Å². The molecule has 6 nitrogen and oxygen atoms in total. The molecule has 70 valence electrons. The first-order chi connectivity index (χ1) is 6.06. The van der Waals surface area contributed by atoms with Gasteiger partial charge in [-0.3, -0.25) is 0 Å². The maximum Gasteiger partial charge on any atom is 0.347 e. The summed E-state index contributed by atoms with van der Waals surface area (Å²) in [5, 5.41) is 17.1.